The summed E-state index contributed by atoms with van der Waals surface area (Å²) < 4.78 is 0. The number of thiazole rings is 1. The predicted molar refractivity (Wildman–Crippen MR) is 75.9 cm³/mol. The first-order valence-corrected chi connectivity index (χ1v) is 6.74. The van der Waals surface area contributed by atoms with Gasteiger partial charge in [0.1, 0.15) is 10.8 Å². The summed E-state index contributed by atoms with van der Waals surface area (Å²) in [5.41, 5.74) is 3.90. The van der Waals surface area contributed by atoms with Gasteiger partial charge in [-0.2, -0.15) is 0 Å². The average Bonchev–Trinajstić information content (AvgIpc) is 2.77. The van der Waals surface area contributed by atoms with E-state index in [4.69, 9.17) is 0 Å². The van der Waals surface area contributed by atoms with Crippen LogP contribution in [0.3, 0.4) is 0 Å². The van der Waals surface area contributed by atoms with Crippen LogP contribution in [0.5, 0.6) is 0 Å². The second kappa shape index (κ2) is 4.88. The van der Waals surface area contributed by atoms with Gasteiger partial charge in [0, 0.05) is 18.0 Å². The first-order valence-electron chi connectivity index (χ1n) is 5.86. The lowest BCUT2D eigenvalue weighted by atomic mass is 9.98. The fraction of sp³-hybridized carbons (Fsp3) is 0.357. The zero-order valence-electron chi connectivity index (χ0n) is 10.7. The van der Waals surface area contributed by atoms with E-state index in [1.54, 1.807) is 11.3 Å². The van der Waals surface area contributed by atoms with E-state index in [9.17, 15) is 0 Å². The Morgan fingerprint density at radius 2 is 2.06 bits per heavy atom. The van der Waals surface area contributed by atoms with Crippen LogP contribution >= 0.6 is 11.3 Å². The topological polar surface area (TPSA) is 24.9 Å². The van der Waals surface area contributed by atoms with Crippen LogP contribution in [0, 0.1) is 6.92 Å². The standard InChI is InChI=1S/C14H18N2S/c1-9(2)11-6-5-10(3)12(7-11)14-16-13(15-4)8-17-14/h5-9,15H,1-4H3. The van der Waals surface area contributed by atoms with E-state index in [1.807, 2.05) is 7.05 Å². The van der Waals surface area contributed by atoms with Crippen LogP contribution < -0.4 is 5.32 Å². The van der Waals surface area contributed by atoms with Gasteiger partial charge in [-0.25, -0.2) is 4.98 Å². The van der Waals surface area contributed by atoms with Crippen molar-refractivity contribution in [3.63, 3.8) is 0 Å². The van der Waals surface area contributed by atoms with Crippen molar-refractivity contribution in [1.29, 1.82) is 0 Å². The molecule has 2 rings (SSSR count). The van der Waals surface area contributed by atoms with Crippen molar-refractivity contribution in [2.75, 3.05) is 12.4 Å². The van der Waals surface area contributed by atoms with Gasteiger partial charge in [0.2, 0.25) is 0 Å². The van der Waals surface area contributed by atoms with Gasteiger partial charge in [-0.3, -0.25) is 0 Å². The third-order valence-electron chi connectivity index (χ3n) is 2.92. The highest BCUT2D eigenvalue weighted by atomic mass is 32.1. The monoisotopic (exact) mass is 246 g/mol. The molecule has 17 heavy (non-hydrogen) atoms. The number of rotatable bonds is 3. The highest BCUT2D eigenvalue weighted by Gasteiger charge is 2.09. The lowest BCUT2D eigenvalue weighted by Crippen LogP contribution is -1.91. The molecule has 0 unspecified atom stereocenters. The van der Waals surface area contributed by atoms with Crippen LogP contribution in [0.2, 0.25) is 0 Å². The van der Waals surface area contributed by atoms with Crippen LogP contribution in [0.1, 0.15) is 30.9 Å². The second-order valence-corrected chi connectivity index (χ2v) is 5.38. The first kappa shape index (κ1) is 12.1. The van der Waals surface area contributed by atoms with E-state index in [2.05, 4.69) is 54.7 Å². The quantitative estimate of drug-likeness (QED) is 0.874. The van der Waals surface area contributed by atoms with Gasteiger partial charge in [-0.15, -0.1) is 11.3 Å². The largest absolute Gasteiger partial charge is 0.372 e. The van der Waals surface area contributed by atoms with Crippen molar-refractivity contribution in [1.82, 2.24) is 4.98 Å². The molecule has 1 aromatic carbocycles. The van der Waals surface area contributed by atoms with E-state index < -0.39 is 0 Å². The van der Waals surface area contributed by atoms with E-state index in [1.165, 1.54) is 16.7 Å². The summed E-state index contributed by atoms with van der Waals surface area (Å²) in [6, 6.07) is 6.65. The molecule has 0 radical (unpaired) electrons. The van der Waals surface area contributed by atoms with Crippen molar-refractivity contribution >= 4 is 17.2 Å². The zero-order chi connectivity index (χ0) is 12.4. The molecule has 0 fully saturated rings. The fourth-order valence-electron chi connectivity index (χ4n) is 1.74. The molecule has 0 aliphatic rings. The summed E-state index contributed by atoms with van der Waals surface area (Å²) in [6.07, 6.45) is 0. The Hall–Kier alpha value is -1.35. The number of aryl methyl sites for hydroxylation is 1. The normalized spacial score (nSPS) is 10.9. The number of nitrogens with one attached hydrogen (secondary N) is 1. The number of benzene rings is 1. The highest BCUT2D eigenvalue weighted by molar-refractivity contribution is 7.13. The van der Waals surface area contributed by atoms with Gasteiger partial charge in [0.25, 0.3) is 0 Å². The third-order valence-corrected chi connectivity index (χ3v) is 3.79. The second-order valence-electron chi connectivity index (χ2n) is 4.52. The molecule has 0 atom stereocenters. The molecule has 1 aromatic heterocycles. The van der Waals surface area contributed by atoms with Gasteiger partial charge >= 0.3 is 0 Å². The number of nitrogens with zero attached hydrogens (tertiary/aromatic N) is 1. The number of hydrogen-bond acceptors (Lipinski definition) is 3. The van der Waals surface area contributed by atoms with Gasteiger partial charge in [0.15, 0.2) is 0 Å². The van der Waals surface area contributed by atoms with Crippen LogP contribution in [0.4, 0.5) is 5.82 Å². The molecule has 3 heteroatoms. The molecule has 90 valence electrons. The summed E-state index contributed by atoms with van der Waals surface area (Å²) in [5.74, 6) is 1.50. The van der Waals surface area contributed by atoms with Crippen molar-refractivity contribution in [3.8, 4) is 10.6 Å². The van der Waals surface area contributed by atoms with E-state index in [0.29, 0.717) is 5.92 Å². The number of aromatic nitrogens is 1. The lowest BCUT2D eigenvalue weighted by Gasteiger charge is -2.09. The van der Waals surface area contributed by atoms with E-state index >= 15 is 0 Å². The Kier molecular flexibility index (Phi) is 3.48. The average molecular weight is 246 g/mol. The molecular weight excluding hydrogens is 228 g/mol. The Balaban J connectivity index is 2.46. The molecular formula is C14H18N2S. The van der Waals surface area contributed by atoms with Gasteiger partial charge < -0.3 is 5.32 Å². The molecule has 2 aromatic rings. The first-order chi connectivity index (χ1) is 8.11. The molecule has 0 bridgehead atoms. The Morgan fingerprint density at radius 1 is 1.29 bits per heavy atom. The number of anilines is 1. The molecule has 0 spiro atoms. The highest BCUT2D eigenvalue weighted by Crippen LogP contribution is 2.30. The molecule has 0 aliphatic carbocycles. The Bertz CT molecular complexity index is 515. The van der Waals surface area contributed by atoms with Crippen molar-refractivity contribution in [2.45, 2.75) is 26.7 Å². The smallest absolute Gasteiger partial charge is 0.137 e. The summed E-state index contributed by atoms with van der Waals surface area (Å²) in [6.45, 7) is 6.57. The van der Waals surface area contributed by atoms with Crippen LogP contribution in [0.25, 0.3) is 10.6 Å². The Morgan fingerprint density at radius 3 is 2.65 bits per heavy atom. The summed E-state index contributed by atoms with van der Waals surface area (Å²) in [4.78, 5) is 4.57. The van der Waals surface area contributed by atoms with Gasteiger partial charge in [-0.1, -0.05) is 26.0 Å². The van der Waals surface area contributed by atoms with Crippen molar-refractivity contribution < 1.29 is 0 Å². The number of hydrogen-bond donors (Lipinski definition) is 1. The summed E-state index contributed by atoms with van der Waals surface area (Å²) in [7, 11) is 1.90. The lowest BCUT2D eigenvalue weighted by molar-refractivity contribution is 0.866. The molecule has 0 saturated carbocycles. The minimum absolute atomic E-state index is 0.554. The molecule has 1 N–H and O–H groups in total. The maximum absolute atomic E-state index is 4.57. The van der Waals surface area contributed by atoms with Gasteiger partial charge in [0.05, 0.1) is 0 Å². The predicted octanol–water partition coefficient (Wildman–Crippen LogP) is 4.28. The maximum Gasteiger partial charge on any atom is 0.137 e. The Labute approximate surface area is 107 Å². The van der Waals surface area contributed by atoms with Crippen molar-refractivity contribution in [3.05, 3.63) is 34.7 Å². The third kappa shape index (κ3) is 2.50. The minimum Gasteiger partial charge on any atom is -0.372 e. The molecule has 0 amide bonds. The molecule has 2 nitrogen and oxygen atoms in total. The molecule has 0 saturated heterocycles. The summed E-state index contributed by atoms with van der Waals surface area (Å²) >= 11 is 1.69. The maximum atomic E-state index is 4.57. The molecule has 1 heterocycles. The SMILES string of the molecule is CNc1csc(-c2cc(C(C)C)ccc2C)n1. The van der Waals surface area contributed by atoms with E-state index in [-0.39, 0.29) is 0 Å². The van der Waals surface area contributed by atoms with Crippen molar-refractivity contribution in [2.24, 2.45) is 0 Å². The fourth-order valence-corrected chi connectivity index (χ4v) is 2.63. The summed E-state index contributed by atoms with van der Waals surface area (Å²) in [5, 5.41) is 6.22. The minimum atomic E-state index is 0.554. The molecule has 0 aliphatic heterocycles. The van der Waals surface area contributed by atoms with Gasteiger partial charge in [-0.05, 0) is 30.0 Å². The van der Waals surface area contributed by atoms with Crippen LogP contribution in [-0.2, 0) is 0 Å². The van der Waals surface area contributed by atoms with Crippen LogP contribution in [0.15, 0.2) is 23.6 Å². The zero-order valence-corrected chi connectivity index (χ0v) is 11.6. The van der Waals surface area contributed by atoms with E-state index in [0.717, 1.165) is 10.8 Å². The van der Waals surface area contributed by atoms with Crippen LogP contribution in [-0.4, -0.2) is 12.0 Å².